The molecule has 3 nitrogen and oxygen atoms in total. The van der Waals surface area contributed by atoms with E-state index >= 15 is 0 Å². The van der Waals surface area contributed by atoms with Gasteiger partial charge in [0.1, 0.15) is 0 Å². The number of aliphatic hydroxyl groups is 1. The molecule has 108 valence electrons. The molecule has 0 spiro atoms. The quantitative estimate of drug-likeness (QED) is 0.818. The largest absolute Gasteiger partial charge is 0.396 e. The molecule has 3 aliphatic rings. The van der Waals surface area contributed by atoms with Crippen LogP contribution in [-0.4, -0.2) is 23.7 Å². The molecule has 3 saturated carbocycles. The van der Waals surface area contributed by atoms with E-state index < -0.39 is 0 Å². The lowest BCUT2D eigenvalue weighted by atomic mass is 9.84. The highest BCUT2D eigenvalue weighted by Gasteiger charge is 2.67. The molecule has 1 amide bonds. The zero-order chi connectivity index (χ0) is 13.8. The van der Waals surface area contributed by atoms with E-state index in [2.05, 4.69) is 26.1 Å². The Morgan fingerprint density at radius 2 is 1.84 bits per heavy atom. The van der Waals surface area contributed by atoms with Gasteiger partial charge >= 0.3 is 0 Å². The van der Waals surface area contributed by atoms with E-state index in [-0.39, 0.29) is 24.0 Å². The Morgan fingerprint density at radius 1 is 1.26 bits per heavy atom. The number of amides is 1. The van der Waals surface area contributed by atoms with Crippen LogP contribution in [0.3, 0.4) is 0 Å². The maximum absolute atomic E-state index is 12.5. The van der Waals surface area contributed by atoms with E-state index in [4.69, 9.17) is 0 Å². The molecule has 5 unspecified atom stereocenters. The summed E-state index contributed by atoms with van der Waals surface area (Å²) in [4.78, 5) is 12.5. The Kier molecular flexibility index (Phi) is 3.16. The van der Waals surface area contributed by atoms with Crippen LogP contribution < -0.4 is 5.32 Å². The summed E-state index contributed by atoms with van der Waals surface area (Å²) in [6.45, 7) is 6.53. The first-order valence-electron chi connectivity index (χ1n) is 7.84. The fourth-order valence-electron chi connectivity index (χ4n) is 4.79. The van der Waals surface area contributed by atoms with Gasteiger partial charge in [-0.3, -0.25) is 4.79 Å². The number of rotatable bonds is 4. The molecule has 0 aromatic carbocycles. The smallest absolute Gasteiger partial charge is 0.223 e. The SMILES string of the molecule is CC(C)(C)C(CCO)NC(=O)C1C2C3CCC(C3)C12. The van der Waals surface area contributed by atoms with Crippen LogP contribution in [0.4, 0.5) is 0 Å². The van der Waals surface area contributed by atoms with Gasteiger partial charge in [0.25, 0.3) is 0 Å². The molecule has 0 aromatic rings. The first-order chi connectivity index (χ1) is 8.93. The molecular formula is C16H27NO2. The van der Waals surface area contributed by atoms with Gasteiger partial charge in [0, 0.05) is 18.6 Å². The van der Waals surface area contributed by atoms with Crippen LogP contribution in [0.15, 0.2) is 0 Å². The van der Waals surface area contributed by atoms with Crippen molar-refractivity contribution in [2.75, 3.05) is 6.61 Å². The van der Waals surface area contributed by atoms with Crippen molar-refractivity contribution in [2.24, 2.45) is 35.0 Å². The maximum atomic E-state index is 12.5. The summed E-state index contributed by atoms with van der Waals surface area (Å²) < 4.78 is 0. The van der Waals surface area contributed by atoms with Gasteiger partial charge in [0.05, 0.1) is 0 Å². The van der Waals surface area contributed by atoms with Gasteiger partial charge in [-0.25, -0.2) is 0 Å². The van der Waals surface area contributed by atoms with E-state index in [0.717, 1.165) is 11.8 Å². The topological polar surface area (TPSA) is 49.3 Å². The summed E-state index contributed by atoms with van der Waals surface area (Å²) in [6, 6.07) is 0.0870. The number of carbonyl (C=O) groups excluding carboxylic acids is 1. The van der Waals surface area contributed by atoms with Crippen LogP contribution >= 0.6 is 0 Å². The molecule has 0 saturated heterocycles. The predicted octanol–water partition coefficient (Wildman–Crippen LogP) is 2.19. The van der Waals surface area contributed by atoms with E-state index in [0.29, 0.717) is 24.2 Å². The van der Waals surface area contributed by atoms with Gasteiger partial charge in [-0.1, -0.05) is 20.8 Å². The Labute approximate surface area is 116 Å². The lowest BCUT2D eigenvalue weighted by molar-refractivity contribution is -0.125. The highest BCUT2D eigenvalue weighted by Crippen LogP contribution is 2.69. The number of nitrogens with one attached hydrogen (secondary N) is 1. The molecule has 0 aromatic heterocycles. The van der Waals surface area contributed by atoms with Gasteiger partial charge in [-0.15, -0.1) is 0 Å². The van der Waals surface area contributed by atoms with E-state index in [1.165, 1.54) is 19.3 Å². The fraction of sp³-hybridized carbons (Fsp3) is 0.938. The second-order valence-electron chi connectivity index (χ2n) is 7.95. The molecule has 5 atom stereocenters. The van der Waals surface area contributed by atoms with Gasteiger partial charge in [-0.05, 0) is 54.8 Å². The van der Waals surface area contributed by atoms with Crippen molar-refractivity contribution in [3.05, 3.63) is 0 Å². The number of aliphatic hydroxyl groups excluding tert-OH is 1. The molecule has 0 heterocycles. The Balaban J connectivity index is 1.60. The Hall–Kier alpha value is -0.570. The zero-order valence-electron chi connectivity index (χ0n) is 12.4. The predicted molar refractivity (Wildman–Crippen MR) is 74.4 cm³/mol. The molecule has 0 radical (unpaired) electrons. The molecule has 3 rings (SSSR count). The summed E-state index contributed by atoms with van der Waals surface area (Å²) in [5.74, 6) is 3.66. The molecular weight excluding hydrogens is 238 g/mol. The molecule has 2 bridgehead atoms. The van der Waals surface area contributed by atoms with Gasteiger partial charge in [-0.2, -0.15) is 0 Å². The lowest BCUT2D eigenvalue weighted by Gasteiger charge is -2.31. The lowest BCUT2D eigenvalue weighted by Crippen LogP contribution is -2.45. The van der Waals surface area contributed by atoms with Crippen LogP contribution in [0, 0.1) is 35.0 Å². The third kappa shape index (κ3) is 2.20. The summed E-state index contributed by atoms with van der Waals surface area (Å²) in [7, 11) is 0. The summed E-state index contributed by atoms with van der Waals surface area (Å²) in [5, 5.41) is 12.4. The second-order valence-corrected chi connectivity index (χ2v) is 7.95. The van der Waals surface area contributed by atoms with E-state index in [1.54, 1.807) is 0 Å². The summed E-state index contributed by atoms with van der Waals surface area (Å²) in [5.41, 5.74) is 0.0153. The fourth-order valence-corrected chi connectivity index (χ4v) is 4.79. The van der Waals surface area contributed by atoms with Crippen LogP contribution in [0.1, 0.15) is 46.5 Å². The third-order valence-electron chi connectivity index (χ3n) is 5.82. The molecule has 3 aliphatic carbocycles. The number of hydrogen-bond donors (Lipinski definition) is 2. The van der Waals surface area contributed by atoms with Gasteiger partial charge in [0.2, 0.25) is 5.91 Å². The molecule has 3 fully saturated rings. The third-order valence-corrected chi connectivity index (χ3v) is 5.82. The van der Waals surface area contributed by atoms with Crippen molar-refractivity contribution >= 4 is 5.91 Å². The number of carbonyl (C=O) groups is 1. The monoisotopic (exact) mass is 265 g/mol. The van der Waals surface area contributed by atoms with Crippen molar-refractivity contribution in [3.63, 3.8) is 0 Å². The molecule has 19 heavy (non-hydrogen) atoms. The normalized spacial score (nSPS) is 40.9. The van der Waals surface area contributed by atoms with Crippen molar-refractivity contribution < 1.29 is 9.90 Å². The van der Waals surface area contributed by atoms with Crippen LogP contribution in [-0.2, 0) is 4.79 Å². The standard InChI is InChI=1S/C16H27NO2/c1-16(2,3)11(6-7-18)17-15(19)14-12-9-4-5-10(8-9)13(12)14/h9-14,18H,4-8H2,1-3H3,(H,17,19). The van der Waals surface area contributed by atoms with E-state index in [9.17, 15) is 9.90 Å². The highest BCUT2D eigenvalue weighted by molar-refractivity contribution is 5.83. The average Bonchev–Trinajstić information content (AvgIpc) is 2.77. The number of hydrogen-bond acceptors (Lipinski definition) is 2. The first kappa shape index (κ1) is 13.4. The summed E-state index contributed by atoms with van der Waals surface area (Å²) >= 11 is 0. The minimum atomic E-state index is 0.0153. The van der Waals surface area contributed by atoms with Crippen LogP contribution in [0.2, 0.25) is 0 Å². The Bertz CT molecular complexity index is 357. The molecule has 3 heteroatoms. The van der Waals surface area contributed by atoms with Crippen molar-refractivity contribution in [3.8, 4) is 0 Å². The second kappa shape index (κ2) is 4.47. The zero-order valence-corrected chi connectivity index (χ0v) is 12.4. The Morgan fingerprint density at radius 3 is 2.32 bits per heavy atom. The minimum Gasteiger partial charge on any atom is -0.396 e. The van der Waals surface area contributed by atoms with Gasteiger partial charge in [0.15, 0.2) is 0 Å². The van der Waals surface area contributed by atoms with Crippen molar-refractivity contribution in [2.45, 2.75) is 52.5 Å². The average molecular weight is 265 g/mol. The minimum absolute atomic E-state index is 0.0153. The summed E-state index contributed by atoms with van der Waals surface area (Å²) in [6.07, 6.45) is 4.76. The number of fused-ring (bicyclic) bond motifs is 5. The highest BCUT2D eigenvalue weighted by atomic mass is 16.3. The maximum Gasteiger partial charge on any atom is 0.223 e. The van der Waals surface area contributed by atoms with Crippen LogP contribution in [0.5, 0.6) is 0 Å². The van der Waals surface area contributed by atoms with Crippen molar-refractivity contribution in [1.82, 2.24) is 5.32 Å². The first-order valence-corrected chi connectivity index (χ1v) is 7.84. The molecule has 0 aliphatic heterocycles. The van der Waals surface area contributed by atoms with Crippen molar-refractivity contribution in [1.29, 1.82) is 0 Å². The van der Waals surface area contributed by atoms with Gasteiger partial charge < -0.3 is 10.4 Å². The van der Waals surface area contributed by atoms with Crippen LogP contribution in [0.25, 0.3) is 0 Å². The van der Waals surface area contributed by atoms with E-state index in [1.807, 2.05) is 0 Å². The molecule has 2 N–H and O–H groups in total.